The summed E-state index contributed by atoms with van der Waals surface area (Å²) in [6.07, 6.45) is 1.69. The third kappa shape index (κ3) is 3.65. The summed E-state index contributed by atoms with van der Waals surface area (Å²) in [5.74, 6) is 0.491. The molecule has 0 saturated carbocycles. The van der Waals surface area contributed by atoms with Crippen LogP contribution < -0.4 is 15.1 Å². The number of carbonyl (C=O) groups is 1. The number of benzene rings is 1. The van der Waals surface area contributed by atoms with E-state index in [1.54, 1.807) is 18.3 Å². The number of carbonyl (C=O) groups excluding carboxylic acids is 1. The van der Waals surface area contributed by atoms with Gasteiger partial charge in [-0.25, -0.2) is 4.98 Å². The molecule has 1 aromatic carbocycles. The predicted octanol–water partition coefficient (Wildman–Crippen LogP) is 2.24. The molecule has 0 unspecified atom stereocenters. The van der Waals surface area contributed by atoms with Crippen molar-refractivity contribution in [3.63, 3.8) is 0 Å². The Kier molecular flexibility index (Phi) is 4.96. The van der Waals surface area contributed by atoms with Gasteiger partial charge in [0, 0.05) is 44.8 Å². The van der Waals surface area contributed by atoms with Gasteiger partial charge in [0.2, 0.25) is 0 Å². The average molecular weight is 326 g/mol. The van der Waals surface area contributed by atoms with E-state index in [9.17, 15) is 4.79 Å². The number of nitrogens with zero attached hydrogens (tertiary/aromatic N) is 3. The number of aromatic nitrogens is 1. The van der Waals surface area contributed by atoms with Crippen molar-refractivity contribution in [2.24, 2.45) is 0 Å². The highest BCUT2D eigenvalue weighted by Gasteiger charge is 2.15. The van der Waals surface area contributed by atoms with Crippen LogP contribution in [0.2, 0.25) is 0 Å². The van der Waals surface area contributed by atoms with E-state index in [1.165, 1.54) is 0 Å². The molecule has 1 fully saturated rings. The topological polar surface area (TPSA) is 57.7 Å². The number of rotatable bonds is 4. The van der Waals surface area contributed by atoms with Crippen LogP contribution in [0.1, 0.15) is 10.4 Å². The lowest BCUT2D eigenvalue weighted by atomic mass is 10.2. The molecule has 1 aromatic heterocycles. The molecule has 6 heteroatoms. The molecule has 6 nitrogen and oxygen atoms in total. The maximum absolute atomic E-state index is 12.6. The Morgan fingerprint density at radius 3 is 2.75 bits per heavy atom. The summed E-state index contributed by atoms with van der Waals surface area (Å²) >= 11 is 0. The van der Waals surface area contributed by atoms with Gasteiger partial charge >= 0.3 is 0 Å². The molecular formula is C18H22N4O2. The number of amides is 1. The second kappa shape index (κ2) is 7.31. The number of pyridine rings is 1. The zero-order valence-corrected chi connectivity index (χ0v) is 14.0. The molecule has 0 aliphatic carbocycles. The third-order valence-corrected chi connectivity index (χ3v) is 3.94. The van der Waals surface area contributed by atoms with Crippen LogP contribution in [-0.4, -0.2) is 51.3 Å². The lowest BCUT2D eigenvalue weighted by Gasteiger charge is -2.29. The number of anilines is 3. The first-order valence-corrected chi connectivity index (χ1v) is 8.01. The maximum Gasteiger partial charge on any atom is 0.259 e. The van der Waals surface area contributed by atoms with E-state index in [0.717, 1.165) is 37.7 Å². The van der Waals surface area contributed by atoms with E-state index in [-0.39, 0.29) is 5.91 Å². The molecule has 0 spiro atoms. The Balaban J connectivity index is 1.77. The summed E-state index contributed by atoms with van der Waals surface area (Å²) in [7, 11) is 3.75. The van der Waals surface area contributed by atoms with Gasteiger partial charge in [0.25, 0.3) is 5.91 Å². The molecule has 2 aromatic rings. The molecule has 1 aliphatic heterocycles. The fraction of sp³-hybridized carbons (Fsp3) is 0.333. The van der Waals surface area contributed by atoms with Crippen molar-refractivity contribution in [3.05, 3.63) is 48.2 Å². The molecule has 3 rings (SSSR count). The Hall–Kier alpha value is -2.60. The molecule has 1 saturated heterocycles. The first-order chi connectivity index (χ1) is 11.6. The highest BCUT2D eigenvalue weighted by Crippen LogP contribution is 2.22. The van der Waals surface area contributed by atoms with Crippen LogP contribution in [0.3, 0.4) is 0 Å². The summed E-state index contributed by atoms with van der Waals surface area (Å²) in [5, 5.41) is 2.97. The fourth-order valence-electron chi connectivity index (χ4n) is 2.73. The first-order valence-electron chi connectivity index (χ1n) is 8.01. The smallest absolute Gasteiger partial charge is 0.259 e. The molecule has 1 amide bonds. The summed E-state index contributed by atoms with van der Waals surface area (Å²) in [4.78, 5) is 21.0. The summed E-state index contributed by atoms with van der Waals surface area (Å²) in [5.41, 5.74) is 2.42. The van der Waals surface area contributed by atoms with Crippen molar-refractivity contribution in [1.29, 1.82) is 0 Å². The quantitative estimate of drug-likeness (QED) is 0.934. The van der Waals surface area contributed by atoms with E-state index in [1.807, 2.05) is 37.2 Å². The molecule has 126 valence electrons. The zero-order chi connectivity index (χ0) is 16.9. The SMILES string of the molecule is CN(C)c1ncccc1C(=O)Nc1cccc(N2CCOCC2)c1. The lowest BCUT2D eigenvalue weighted by molar-refractivity contribution is 0.102. The molecule has 0 radical (unpaired) electrons. The van der Waals surface area contributed by atoms with Crippen molar-refractivity contribution >= 4 is 23.1 Å². The van der Waals surface area contributed by atoms with Gasteiger partial charge in [-0.3, -0.25) is 4.79 Å². The summed E-state index contributed by atoms with van der Waals surface area (Å²) in [6.45, 7) is 3.20. The van der Waals surface area contributed by atoms with Gasteiger partial charge in [0.15, 0.2) is 0 Å². The van der Waals surface area contributed by atoms with Crippen molar-refractivity contribution in [3.8, 4) is 0 Å². The van der Waals surface area contributed by atoms with Crippen LogP contribution in [0.25, 0.3) is 0 Å². The lowest BCUT2D eigenvalue weighted by Crippen LogP contribution is -2.36. The van der Waals surface area contributed by atoms with Gasteiger partial charge < -0.3 is 19.9 Å². The van der Waals surface area contributed by atoms with Gasteiger partial charge in [-0.1, -0.05) is 6.07 Å². The number of hydrogen-bond acceptors (Lipinski definition) is 5. The van der Waals surface area contributed by atoms with Crippen LogP contribution in [0.4, 0.5) is 17.2 Å². The van der Waals surface area contributed by atoms with Gasteiger partial charge in [0.05, 0.1) is 18.8 Å². The van der Waals surface area contributed by atoms with Crippen molar-refractivity contribution in [2.75, 3.05) is 55.5 Å². The Bertz CT molecular complexity index is 712. The average Bonchev–Trinajstić information content (AvgIpc) is 2.62. The number of nitrogens with one attached hydrogen (secondary N) is 1. The summed E-state index contributed by atoms with van der Waals surface area (Å²) in [6, 6.07) is 11.4. The fourth-order valence-corrected chi connectivity index (χ4v) is 2.73. The largest absolute Gasteiger partial charge is 0.378 e. The Labute approximate surface area is 142 Å². The third-order valence-electron chi connectivity index (χ3n) is 3.94. The molecule has 0 bridgehead atoms. The maximum atomic E-state index is 12.6. The molecule has 1 N–H and O–H groups in total. The van der Waals surface area contributed by atoms with Crippen LogP contribution >= 0.6 is 0 Å². The van der Waals surface area contributed by atoms with Gasteiger partial charge in [-0.05, 0) is 30.3 Å². The molecule has 0 atom stereocenters. The Morgan fingerprint density at radius 2 is 2.00 bits per heavy atom. The van der Waals surface area contributed by atoms with Crippen LogP contribution in [-0.2, 0) is 4.74 Å². The minimum atomic E-state index is -0.161. The number of hydrogen-bond donors (Lipinski definition) is 1. The highest BCUT2D eigenvalue weighted by atomic mass is 16.5. The predicted molar refractivity (Wildman–Crippen MR) is 96.0 cm³/mol. The van der Waals surface area contributed by atoms with Gasteiger partial charge in [-0.15, -0.1) is 0 Å². The Morgan fingerprint density at radius 1 is 1.21 bits per heavy atom. The number of morpholine rings is 1. The van der Waals surface area contributed by atoms with Gasteiger partial charge in [0.1, 0.15) is 5.82 Å². The van der Waals surface area contributed by atoms with Crippen molar-refractivity contribution in [2.45, 2.75) is 0 Å². The standard InChI is InChI=1S/C18H22N4O2/c1-21(2)17-16(7-4-8-19-17)18(23)20-14-5-3-6-15(13-14)22-9-11-24-12-10-22/h3-8,13H,9-12H2,1-2H3,(H,20,23). The van der Waals surface area contributed by atoms with Gasteiger partial charge in [-0.2, -0.15) is 0 Å². The monoisotopic (exact) mass is 326 g/mol. The van der Waals surface area contributed by atoms with Crippen molar-refractivity contribution < 1.29 is 9.53 Å². The van der Waals surface area contributed by atoms with Crippen LogP contribution in [0.15, 0.2) is 42.6 Å². The highest BCUT2D eigenvalue weighted by molar-refractivity contribution is 6.07. The molecule has 1 aliphatic rings. The first kappa shape index (κ1) is 16.3. The van der Waals surface area contributed by atoms with Crippen LogP contribution in [0.5, 0.6) is 0 Å². The van der Waals surface area contributed by atoms with Crippen molar-refractivity contribution in [1.82, 2.24) is 4.98 Å². The van der Waals surface area contributed by atoms with E-state index < -0.39 is 0 Å². The summed E-state index contributed by atoms with van der Waals surface area (Å²) < 4.78 is 5.39. The second-order valence-electron chi connectivity index (χ2n) is 5.87. The minimum absolute atomic E-state index is 0.161. The second-order valence-corrected chi connectivity index (χ2v) is 5.87. The van der Waals surface area contributed by atoms with E-state index >= 15 is 0 Å². The molecule has 2 heterocycles. The van der Waals surface area contributed by atoms with E-state index in [2.05, 4.69) is 21.3 Å². The minimum Gasteiger partial charge on any atom is -0.378 e. The van der Waals surface area contributed by atoms with E-state index in [0.29, 0.717) is 11.4 Å². The van der Waals surface area contributed by atoms with Crippen LogP contribution in [0, 0.1) is 0 Å². The van der Waals surface area contributed by atoms with E-state index in [4.69, 9.17) is 4.74 Å². The normalized spacial score (nSPS) is 14.3. The zero-order valence-electron chi connectivity index (χ0n) is 14.0. The number of ether oxygens (including phenoxy) is 1. The molecular weight excluding hydrogens is 304 g/mol. The molecule has 24 heavy (non-hydrogen) atoms.